The Morgan fingerprint density at radius 3 is 2.52 bits per heavy atom. The highest BCUT2D eigenvalue weighted by atomic mass is 19.1. The predicted octanol–water partition coefficient (Wildman–Crippen LogP) is 1.52. The standard InChI is InChI=1S/C19H22FN5O2/c1-2-24-7-9-25(10-8-24)19-22-17-16(18(27)23-19)14(11-15(26)21-17)12-3-5-13(20)6-4-12/h3-6,14H,2,7-11H2,1H3,(H2,21,22,23,26,27). The summed E-state index contributed by atoms with van der Waals surface area (Å²) in [6, 6.07) is 5.90. The highest BCUT2D eigenvalue weighted by Crippen LogP contribution is 2.34. The number of fused-ring (bicyclic) bond motifs is 1. The number of carbonyl (C=O) groups excluding carboxylic acids is 1. The number of nitrogens with one attached hydrogen (secondary N) is 2. The first-order valence-corrected chi connectivity index (χ1v) is 9.22. The number of anilines is 2. The van der Waals surface area contributed by atoms with E-state index < -0.39 is 5.92 Å². The molecule has 1 fully saturated rings. The molecule has 2 N–H and O–H groups in total. The Morgan fingerprint density at radius 2 is 1.85 bits per heavy atom. The maximum Gasteiger partial charge on any atom is 0.258 e. The van der Waals surface area contributed by atoms with Gasteiger partial charge in [-0.2, -0.15) is 4.98 Å². The fraction of sp³-hybridized carbons (Fsp3) is 0.421. The van der Waals surface area contributed by atoms with Crippen LogP contribution in [0.5, 0.6) is 0 Å². The van der Waals surface area contributed by atoms with Gasteiger partial charge in [0.25, 0.3) is 5.56 Å². The molecule has 1 saturated heterocycles. The number of halogens is 1. The minimum Gasteiger partial charge on any atom is -0.340 e. The van der Waals surface area contributed by atoms with E-state index in [-0.39, 0.29) is 23.7 Å². The molecule has 4 rings (SSSR count). The lowest BCUT2D eigenvalue weighted by atomic mass is 9.87. The molecular weight excluding hydrogens is 349 g/mol. The van der Waals surface area contributed by atoms with Crippen LogP contribution in [0.4, 0.5) is 16.2 Å². The molecule has 8 heteroatoms. The zero-order valence-corrected chi connectivity index (χ0v) is 15.2. The van der Waals surface area contributed by atoms with Gasteiger partial charge in [-0.1, -0.05) is 19.1 Å². The molecule has 142 valence electrons. The van der Waals surface area contributed by atoms with Gasteiger partial charge in [0.15, 0.2) is 0 Å². The SMILES string of the molecule is CCN1CCN(c2nc3c(c(=O)[nH]2)C(c2ccc(F)cc2)CC(=O)N3)CC1. The van der Waals surface area contributed by atoms with Gasteiger partial charge in [0, 0.05) is 38.5 Å². The van der Waals surface area contributed by atoms with E-state index in [9.17, 15) is 14.0 Å². The Bertz CT molecular complexity index is 903. The first-order chi connectivity index (χ1) is 13.0. The maximum absolute atomic E-state index is 13.2. The van der Waals surface area contributed by atoms with Gasteiger partial charge in [-0.25, -0.2) is 4.39 Å². The number of likely N-dealkylation sites (N-methyl/N-ethyl adjacent to an activating group) is 1. The van der Waals surface area contributed by atoms with Crippen molar-refractivity contribution in [3.8, 4) is 0 Å². The summed E-state index contributed by atoms with van der Waals surface area (Å²) in [7, 11) is 0. The third-order valence-electron chi connectivity index (χ3n) is 5.33. The smallest absolute Gasteiger partial charge is 0.258 e. The van der Waals surface area contributed by atoms with E-state index in [1.54, 1.807) is 12.1 Å². The molecular formula is C19H22FN5O2. The normalized spacial score (nSPS) is 20.3. The molecule has 0 radical (unpaired) electrons. The summed E-state index contributed by atoms with van der Waals surface area (Å²) < 4.78 is 13.2. The van der Waals surface area contributed by atoms with Gasteiger partial charge >= 0.3 is 0 Å². The van der Waals surface area contributed by atoms with E-state index in [1.807, 2.05) is 4.90 Å². The number of hydrogen-bond donors (Lipinski definition) is 2. The van der Waals surface area contributed by atoms with Crippen molar-refractivity contribution >= 4 is 17.7 Å². The number of H-pyrrole nitrogens is 1. The summed E-state index contributed by atoms with van der Waals surface area (Å²) in [5, 5.41) is 2.73. The van der Waals surface area contributed by atoms with Crippen LogP contribution in [0, 0.1) is 5.82 Å². The van der Waals surface area contributed by atoms with Crippen LogP contribution >= 0.6 is 0 Å². The molecule has 0 bridgehead atoms. The summed E-state index contributed by atoms with van der Waals surface area (Å²) in [5.74, 6) is -0.201. The lowest BCUT2D eigenvalue weighted by molar-refractivity contribution is -0.116. The van der Waals surface area contributed by atoms with Crippen LogP contribution in [0.1, 0.15) is 30.4 Å². The van der Waals surface area contributed by atoms with E-state index in [0.29, 0.717) is 17.3 Å². The fourth-order valence-corrected chi connectivity index (χ4v) is 3.76. The zero-order valence-electron chi connectivity index (χ0n) is 15.2. The van der Waals surface area contributed by atoms with Gasteiger partial charge in [0.05, 0.1) is 5.56 Å². The first-order valence-electron chi connectivity index (χ1n) is 9.22. The Labute approximate surface area is 156 Å². The van der Waals surface area contributed by atoms with Crippen LogP contribution in [0.2, 0.25) is 0 Å². The molecule has 0 saturated carbocycles. The molecule has 27 heavy (non-hydrogen) atoms. The Hall–Kier alpha value is -2.74. The number of benzene rings is 1. The second kappa shape index (κ2) is 7.11. The summed E-state index contributed by atoms with van der Waals surface area (Å²) in [5.41, 5.74) is 0.892. The van der Waals surface area contributed by atoms with E-state index >= 15 is 0 Å². The van der Waals surface area contributed by atoms with Crippen molar-refractivity contribution < 1.29 is 9.18 Å². The number of carbonyl (C=O) groups is 1. The van der Waals surface area contributed by atoms with Gasteiger partial charge in [-0.15, -0.1) is 0 Å². The molecule has 2 aromatic rings. The minimum absolute atomic E-state index is 0.137. The van der Waals surface area contributed by atoms with E-state index in [4.69, 9.17) is 0 Å². The van der Waals surface area contributed by atoms with Crippen molar-refractivity contribution in [3.05, 3.63) is 51.6 Å². The summed E-state index contributed by atoms with van der Waals surface area (Å²) >= 11 is 0. The minimum atomic E-state index is -0.434. The summed E-state index contributed by atoms with van der Waals surface area (Å²) in [4.78, 5) is 36.8. The lowest BCUT2D eigenvalue weighted by Crippen LogP contribution is -2.47. The van der Waals surface area contributed by atoms with Crippen molar-refractivity contribution in [2.45, 2.75) is 19.3 Å². The monoisotopic (exact) mass is 371 g/mol. The zero-order chi connectivity index (χ0) is 19.0. The van der Waals surface area contributed by atoms with Crippen LogP contribution in [0.3, 0.4) is 0 Å². The Balaban J connectivity index is 1.69. The number of aromatic nitrogens is 2. The lowest BCUT2D eigenvalue weighted by Gasteiger charge is -2.35. The molecule has 1 aromatic heterocycles. The number of hydrogen-bond acceptors (Lipinski definition) is 5. The maximum atomic E-state index is 13.2. The number of piperazine rings is 1. The van der Waals surface area contributed by atoms with Crippen molar-refractivity contribution in [1.29, 1.82) is 0 Å². The molecule has 7 nitrogen and oxygen atoms in total. The number of aromatic amines is 1. The number of rotatable bonds is 3. The van der Waals surface area contributed by atoms with Crippen LogP contribution < -0.4 is 15.8 Å². The number of nitrogens with zero attached hydrogens (tertiary/aromatic N) is 3. The molecule has 0 spiro atoms. The van der Waals surface area contributed by atoms with Crippen LogP contribution in [0.15, 0.2) is 29.1 Å². The van der Waals surface area contributed by atoms with Gasteiger partial charge < -0.3 is 15.1 Å². The van der Waals surface area contributed by atoms with Crippen molar-refractivity contribution in [2.75, 3.05) is 42.9 Å². The highest BCUT2D eigenvalue weighted by Gasteiger charge is 2.31. The molecule has 1 amide bonds. The van der Waals surface area contributed by atoms with Crippen LogP contribution in [-0.2, 0) is 4.79 Å². The fourth-order valence-electron chi connectivity index (χ4n) is 3.76. The molecule has 1 atom stereocenters. The average Bonchev–Trinajstić information content (AvgIpc) is 2.67. The molecule has 2 aliphatic heterocycles. The van der Waals surface area contributed by atoms with Gasteiger partial charge in [-0.3, -0.25) is 14.6 Å². The highest BCUT2D eigenvalue weighted by molar-refractivity contribution is 5.94. The van der Waals surface area contributed by atoms with Gasteiger partial charge in [0.2, 0.25) is 11.9 Å². The van der Waals surface area contributed by atoms with Gasteiger partial charge in [0.1, 0.15) is 11.6 Å². The number of amides is 1. The van der Waals surface area contributed by atoms with Crippen LogP contribution in [-0.4, -0.2) is 53.5 Å². The van der Waals surface area contributed by atoms with Crippen molar-refractivity contribution in [1.82, 2.24) is 14.9 Å². The van der Waals surface area contributed by atoms with E-state index in [2.05, 4.69) is 27.1 Å². The quantitative estimate of drug-likeness (QED) is 0.855. The van der Waals surface area contributed by atoms with Gasteiger partial charge in [-0.05, 0) is 24.2 Å². The third-order valence-corrected chi connectivity index (χ3v) is 5.33. The predicted molar refractivity (Wildman–Crippen MR) is 101 cm³/mol. The average molecular weight is 371 g/mol. The van der Waals surface area contributed by atoms with E-state index in [1.165, 1.54) is 12.1 Å². The second-order valence-electron chi connectivity index (χ2n) is 6.93. The second-order valence-corrected chi connectivity index (χ2v) is 6.93. The molecule has 2 aliphatic rings. The molecule has 1 unspecified atom stereocenters. The van der Waals surface area contributed by atoms with Crippen LogP contribution in [0.25, 0.3) is 0 Å². The first kappa shape index (κ1) is 17.7. The largest absolute Gasteiger partial charge is 0.340 e. The van der Waals surface area contributed by atoms with Crippen molar-refractivity contribution in [3.63, 3.8) is 0 Å². The van der Waals surface area contributed by atoms with E-state index in [0.717, 1.165) is 38.3 Å². The third kappa shape index (κ3) is 3.44. The van der Waals surface area contributed by atoms with Crippen molar-refractivity contribution in [2.24, 2.45) is 0 Å². The summed E-state index contributed by atoms with van der Waals surface area (Å²) in [6.45, 7) is 6.47. The molecule has 0 aliphatic carbocycles. The topological polar surface area (TPSA) is 81.3 Å². The molecule has 1 aromatic carbocycles. The molecule has 3 heterocycles. The summed E-state index contributed by atoms with van der Waals surface area (Å²) in [6.07, 6.45) is 0.137. The Kier molecular flexibility index (Phi) is 4.65. The Morgan fingerprint density at radius 1 is 1.15 bits per heavy atom.